The van der Waals surface area contributed by atoms with Crippen molar-refractivity contribution in [2.24, 2.45) is 0 Å². The van der Waals surface area contributed by atoms with Crippen molar-refractivity contribution in [3.05, 3.63) is 54.1 Å². The van der Waals surface area contributed by atoms with Gasteiger partial charge in [0.25, 0.3) is 5.91 Å². The molecule has 1 aromatic heterocycles. The fraction of sp³-hybridized carbons (Fsp3) is 0.300. The molecule has 1 amide bonds. The van der Waals surface area contributed by atoms with Crippen molar-refractivity contribution in [3.8, 4) is 5.75 Å². The lowest BCUT2D eigenvalue weighted by atomic mass is 10.1. The second kappa shape index (κ2) is 7.43. The highest BCUT2D eigenvalue weighted by molar-refractivity contribution is 7.22. The number of hydrogen-bond donors (Lipinski definition) is 0. The van der Waals surface area contributed by atoms with Crippen LogP contribution in [0.5, 0.6) is 5.75 Å². The van der Waals surface area contributed by atoms with Crippen molar-refractivity contribution in [2.45, 2.75) is 18.9 Å². The molecule has 3 aromatic rings. The smallest absolute Gasteiger partial charge is 0.263 e. The molecule has 1 unspecified atom stereocenters. The fourth-order valence-corrected chi connectivity index (χ4v) is 4.16. The van der Waals surface area contributed by atoms with Crippen molar-refractivity contribution in [2.75, 3.05) is 25.2 Å². The summed E-state index contributed by atoms with van der Waals surface area (Å²) in [4.78, 5) is 19.8. The van der Waals surface area contributed by atoms with Gasteiger partial charge in [-0.1, -0.05) is 35.6 Å². The number of para-hydroxylation sites is 2. The number of methoxy groups -OCH3 is 1. The third-order valence-corrected chi connectivity index (χ3v) is 5.57. The topological polar surface area (TPSA) is 51.7 Å². The van der Waals surface area contributed by atoms with Gasteiger partial charge in [0, 0.05) is 6.61 Å². The van der Waals surface area contributed by atoms with Crippen LogP contribution >= 0.6 is 11.3 Å². The Balaban J connectivity index is 1.73. The number of benzene rings is 2. The van der Waals surface area contributed by atoms with Crippen LogP contribution in [0, 0.1) is 0 Å². The van der Waals surface area contributed by atoms with Crippen molar-refractivity contribution in [1.29, 1.82) is 0 Å². The van der Waals surface area contributed by atoms with Gasteiger partial charge in [0.1, 0.15) is 5.75 Å². The Morgan fingerprint density at radius 2 is 2.08 bits per heavy atom. The Hall–Kier alpha value is -2.44. The van der Waals surface area contributed by atoms with Crippen LogP contribution in [0.25, 0.3) is 10.2 Å². The molecule has 0 radical (unpaired) electrons. The normalized spacial score (nSPS) is 16.7. The molecule has 0 aliphatic carbocycles. The number of nitrogens with zero attached hydrogens (tertiary/aromatic N) is 2. The predicted molar refractivity (Wildman–Crippen MR) is 103 cm³/mol. The number of carbonyl (C=O) groups is 1. The highest BCUT2D eigenvalue weighted by Crippen LogP contribution is 2.32. The summed E-state index contributed by atoms with van der Waals surface area (Å²) >= 11 is 1.52. The molecule has 4 rings (SSSR count). The van der Waals surface area contributed by atoms with E-state index in [-0.39, 0.29) is 12.0 Å². The minimum Gasteiger partial charge on any atom is -0.496 e. The summed E-state index contributed by atoms with van der Waals surface area (Å²) in [6.07, 6.45) is 2.03. The second-order valence-electron chi connectivity index (χ2n) is 6.22. The maximum Gasteiger partial charge on any atom is 0.263 e. The van der Waals surface area contributed by atoms with Gasteiger partial charge in [-0.2, -0.15) is 0 Å². The molecule has 1 atom stereocenters. The monoisotopic (exact) mass is 368 g/mol. The summed E-state index contributed by atoms with van der Waals surface area (Å²) in [5.41, 5.74) is 1.44. The Bertz CT molecular complexity index is 885. The average molecular weight is 368 g/mol. The molecule has 1 aliphatic heterocycles. The van der Waals surface area contributed by atoms with Crippen LogP contribution in [-0.4, -0.2) is 37.3 Å². The third-order valence-electron chi connectivity index (χ3n) is 4.51. The van der Waals surface area contributed by atoms with E-state index < -0.39 is 0 Å². The molecular formula is C20H20N2O3S. The molecule has 0 bridgehead atoms. The van der Waals surface area contributed by atoms with Gasteiger partial charge in [-0.05, 0) is 37.1 Å². The van der Waals surface area contributed by atoms with Crippen LogP contribution < -0.4 is 9.64 Å². The first-order chi connectivity index (χ1) is 12.8. The Morgan fingerprint density at radius 1 is 1.27 bits per heavy atom. The zero-order valence-electron chi connectivity index (χ0n) is 14.6. The molecular weight excluding hydrogens is 348 g/mol. The second-order valence-corrected chi connectivity index (χ2v) is 7.22. The first kappa shape index (κ1) is 17.0. The van der Waals surface area contributed by atoms with Gasteiger partial charge in [0.2, 0.25) is 0 Å². The van der Waals surface area contributed by atoms with Gasteiger partial charge in [0.05, 0.1) is 35.5 Å². The predicted octanol–water partition coefficient (Wildman–Crippen LogP) is 4.13. The summed E-state index contributed by atoms with van der Waals surface area (Å²) in [7, 11) is 1.58. The maximum absolute atomic E-state index is 13.3. The van der Waals surface area contributed by atoms with Crippen LogP contribution in [-0.2, 0) is 4.74 Å². The average Bonchev–Trinajstić information content (AvgIpc) is 3.34. The molecule has 6 heteroatoms. The van der Waals surface area contributed by atoms with Gasteiger partial charge in [-0.25, -0.2) is 4.98 Å². The van der Waals surface area contributed by atoms with E-state index >= 15 is 0 Å². The molecule has 26 heavy (non-hydrogen) atoms. The van der Waals surface area contributed by atoms with Crippen molar-refractivity contribution < 1.29 is 14.3 Å². The molecule has 134 valence electrons. The fourth-order valence-electron chi connectivity index (χ4n) is 3.18. The SMILES string of the molecule is COc1ccccc1C(=O)N(CC1CCCO1)c1nc2ccccc2s1. The minimum absolute atomic E-state index is 0.0423. The number of rotatable bonds is 5. The lowest BCUT2D eigenvalue weighted by Crippen LogP contribution is -2.37. The van der Waals surface area contributed by atoms with E-state index in [0.717, 1.165) is 29.7 Å². The summed E-state index contributed by atoms with van der Waals surface area (Å²) < 4.78 is 12.2. The van der Waals surface area contributed by atoms with Gasteiger partial charge < -0.3 is 9.47 Å². The number of anilines is 1. The number of ether oxygens (including phenoxy) is 2. The zero-order valence-corrected chi connectivity index (χ0v) is 15.4. The van der Waals surface area contributed by atoms with Gasteiger partial charge in [-0.3, -0.25) is 9.69 Å². The number of carbonyl (C=O) groups excluding carboxylic acids is 1. The molecule has 0 N–H and O–H groups in total. The largest absolute Gasteiger partial charge is 0.496 e. The molecule has 1 aliphatic rings. The third kappa shape index (κ3) is 3.30. The van der Waals surface area contributed by atoms with E-state index in [1.807, 2.05) is 36.4 Å². The molecule has 0 spiro atoms. The highest BCUT2D eigenvalue weighted by atomic mass is 32.1. The standard InChI is InChI=1S/C20H20N2O3S/c1-24-17-10-4-2-8-15(17)19(23)22(13-14-7-6-12-25-14)20-21-16-9-3-5-11-18(16)26-20/h2-5,8-11,14H,6-7,12-13H2,1H3. The number of fused-ring (bicyclic) bond motifs is 1. The van der Waals surface area contributed by atoms with Crippen LogP contribution in [0.4, 0.5) is 5.13 Å². The van der Waals surface area contributed by atoms with Crippen LogP contribution in [0.3, 0.4) is 0 Å². The van der Waals surface area contributed by atoms with Crippen LogP contribution in [0.1, 0.15) is 23.2 Å². The summed E-state index contributed by atoms with van der Waals surface area (Å²) in [5.74, 6) is 0.452. The zero-order chi connectivity index (χ0) is 17.9. The van der Waals surface area contributed by atoms with Crippen molar-refractivity contribution in [1.82, 2.24) is 4.98 Å². The van der Waals surface area contributed by atoms with E-state index in [2.05, 4.69) is 4.98 Å². The van der Waals surface area contributed by atoms with Gasteiger partial charge in [0.15, 0.2) is 5.13 Å². The molecule has 0 saturated carbocycles. The van der Waals surface area contributed by atoms with E-state index in [1.165, 1.54) is 11.3 Å². The Labute approximate surface area is 156 Å². The molecule has 5 nitrogen and oxygen atoms in total. The minimum atomic E-state index is -0.114. The van der Waals surface area contributed by atoms with Gasteiger partial charge >= 0.3 is 0 Å². The highest BCUT2D eigenvalue weighted by Gasteiger charge is 2.28. The number of aromatic nitrogens is 1. The first-order valence-electron chi connectivity index (χ1n) is 8.68. The van der Waals surface area contributed by atoms with E-state index in [0.29, 0.717) is 23.0 Å². The Morgan fingerprint density at radius 3 is 2.85 bits per heavy atom. The molecule has 2 heterocycles. The lowest BCUT2D eigenvalue weighted by molar-refractivity contribution is 0.0915. The van der Waals surface area contributed by atoms with E-state index in [4.69, 9.17) is 9.47 Å². The quantitative estimate of drug-likeness (QED) is 0.679. The number of thiazole rings is 1. The first-order valence-corrected chi connectivity index (χ1v) is 9.50. The summed E-state index contributed by atoms with van der Waals surface area (Å²) in [6.45, 7) is 1.25. The van der Waals surface area contributed by atoms with Crippen LogP contribution in [0.2, 0.25) is 0 Å². The van der Waals surface area contributed by atoms with Gasteiger partial charge in [-0.15, -0.1) is 0 Å². The molecule has 1 fully saturated rings. The number of amides is 1. The van der Waals surface area contributed by atoms with Crippen molar-refractivity contribution in [3.63, 3.8) is 0 Å². The van der Waals surface area contributed by atoms with Crippen molar-refractivity contribution >= 4 is 32.6 Å². The van der Waals surface area contributed by atoms with E-state index in [1.54, 1.807) is 24.1 Å². The van der Waals surface area contributed by atoms with Crippen LogP contribution in [0.15, 0.2) is 48.5 Å². The number of hydrogen-bond acceptors (Lipinski definition) is 5. The summed E-state index contributed by atoms with van der Waals surface area (Å²) in [5, 5.41) is 0.692. The molecule has 1 saturated heterocycles. The lowest BCUT2D eigenvalue weighted by Gasteiger charge is -2.23. The Kier molecular flexibility index (Phi) is 4.86. The molecule has 2 aromatic carbocycles. The van der Waals surface area contributed by atoms with E-state index in [9.17, 15) is 4.79 Å². The summed E-state index contributed by atoms with van der Waals surface area (Å²) in [6, 6.07) is 15.2. The maximum atomic E-state index is 13.3.